The molecule has 0 aromatic carbocycles. The van der Waals surface area contributed by atoms with Gasteiger partial charge in [-0.3, -0.25) is 0 Å². The van der Waals surface area contributed by atoms with E-state index in [-0.39, 0.29) is 0 Å². The van der Waals surface area contributed by atoms with Crippen LogP contribution in [-0.2, 0) is 4.74 Å². The minimum atomic E-state index is 0.565. The average Bonchev–Trinajstić information content (AvgIpc) is 2.58. The van der Waals surface area contributed by atoms with Crippen LogP contribution in [-0.4, -0.2) is 17.8 Å². The van der Waals surface area contributed by atoms with Gasteiger partial charge in [-0.1, -0.05) is 19.3 Å². The Hall–Kier alpha value is 0.310. The smallest absolute Gasteiger partial charge is 0.106 e. The van der Waals surface area contributed by atoms with Crippen molar-refractivity contribution in [2.45, 2.75) is 37.5 Å². The summed E-state index contributed by atoms with van der Waals surface area (Å²) in [7, 11) is 0. The van der Waals surface area contributed by atoms with Gasteiger partial charge in [0.1, 0.15) is 5.44 Å². The molecule has 1 heterocycles. The molecule has 0 N–H and O–H groups in total. The van der Waals surface area contributed by atoms with Crippen LogP contribution in [0.2, 0.25) is 0 Å². The monoisotopic (exact) mass is 172 g/mol. The van der Waals surface area contributed by atoms with Crippen molar-refractivity contribution >= 4 is 11.8 Å². The molecular formula is C9H16OS. The zero-order valence-electron chi connectivity index (χ0n) is 6.92. The predicted octanol–water partition coefficient (Wildman–Crippen LogP) is 2.66. The zero-order chi connectivity index (χ0) is 7.52. The van der Waals surface area contributed by atoms with E-state index in [1.807, 2.05) is 11.8 Å². The summed E-state index contributed by atoms with van der Waals surface area (Å²) in [6.45, 7) is 0.992. The van der Waals surface area contributed by atoms with E-state index >= 15 is 0 Å². The molecule has 2 fully saturated rings. The summed E-state index contributed by atoms with van der Waals surface area (Å²) in [5.41, 5.74) is 0.565. The topological polar surface area (TPSA) is 9.23 Å². The predicted molar refractivity (Wildman–Crippen MR) is 48.8 cm³/mol. The molecule has 2 heteroatoms. The molecule has 0 spiro atoms. The van der Waals surface area contributed by atoms with Crippen LogP contribution in [0.1, 0.15) is 32.1 Å². The summed E-state index contributed by atoms with van der Waals surface area (Å²) in [4.78, 5) is 0. The highest BCUT2D eigenvalue weighted by Crippen LogP contribution is 2.35. The van der Waals surface area contributed by atoms with Crippen molar-refractivity contribution in [3.63, 3.8) is 0 Å². The SMILES string of the molecule is C1CCC(C2OCCS2)CC1. The second-order valence-corrected chi connectivity index (χ2v) is 4.71. The van der Waals surface area contributed by atoms with Gasteiger partial charge in [-0.15, -0.1) is 11.8 Å². The van der Waals surface area contributed by atoms with Gasteiger partial charge < -0.3 is 4.74 Å². The zero-order valence-corrected chi connectivity index (χ0v) is 7.74. The Balaban J connectivity index is 1.82. The lowest BCUT2D eigenvalue weighted by molar-refractivity contribution is 0.0838. The molecule has 0 radical (unpaired) electrons. The molecule has 0 aromatic heterocycles. The first kappa shape index (κ1) is 7.93. The van der Waals surface area contributed by atoms with E-state index in [2.05, 4.69) is 0 Å². The van der Waals surface area contributed by atoms with Crippen LogP contribution < -0.4 is 0 Å². The van der Waals surface area contributed by atoms with Crippen LogP contribution in [0.15, 0.2) is 0 Å². The molecule has 1 saturated carbocycles. The first-order valence-electron chi connectivity index (χ1n) is 4.70. The minimum absolute atomic E-state index is 0.565. The van der Waals surface area contributed by atoms with E-state index in [4.69, 9.17) is 4.74 Å². The molecule has 64 valence electrons. The van der Waals surface area contributed by atoms with E-state index in [0.29, 0.717) is 5.44 Å². The fourth-order valence-corrected chi connectivity index (χ4v) is 3.22. The Kier molecular flexibility index (Phi) is 2.75. The molecule has 0 bridgehead atoms. The second kappa shape index (κ2) is 3.81. The van der Waals surface area contributed by atoms with Crippen molar-refractivity contribution < 1.29 is 4.74 Å². The lowest BCUT2D eigenvalue weighted by Crippen LogP contribution is -2.19. The third-order valence-electron chi connectivity index (χ3n) is 2.68. The van der Waals surface area contributed by atoms with E-state index < -0.39 is 0 Å². The Morgan fingerprint density at radius 2 is 1.91 bits per heavy atom. The number of ether oxygens (including phenoxy) is 1. The largest absolute Gasteiger partial charge is 0.366 e. The lowest BCUT2D eigenvalue weighted by Gasteiger charge is -2.25. The molecule has 1 saturated heterocycles. The first-order chi connectivity index (χ1) is 5.47. The van der Waals surface area contributed by atoms with Gasteiger partial charge >= 0.3 is 0 Å². The van der Waals surface area contributed by atoms with Gasteiger partial charge in [0, 0.05) is 5.75 Å². The molecular weight excluding hydrogens is 156 g/mol. The van der Waals surface area contributed by atoms with Crippen molar-refractivity contribution in [2.24, 2.45) is 5.92 Å². The Morgan fingerprint density at radius 1 is 1.09 bits per heavy atom. The Labute approximate surface area is 72.9 Å². The van der Waals surface area contributed by atoms with Gasteiger partial charge in [0.15, 0.2) is 0 Å². The highest BCUT2D eigenvalue weighted by atomic mass is 32.2. The normalized spacial score (nSPS) is 34.4. The van der Waals surface area contributed by atoms with Crippen molar-refractivity contribution in [3.05, 3.63) is 0 Å². The number of hydrogen-bond acceptors (Lipinski definition) is 2. The van der Waals surface area contributed by atoms with Crippen molar-refractivity contribution in [1.82, 2.24) is 0 Å². The lowest BCUT2D eigenvalue weighted by atomic mass is 9.90. The Bertz CT molecular complexity index is 115. The summed E-state index contributed by atoms with van der Waals surface area (Å²) in [6, 6.07) is 0. The molecule has 1 atom stereocenters. The van der Waals surface area contributed by atoms with E-state index in [9.17, 15) is 0 Å². The van der Waals surface area contributed by atoms with Crippen LogP contribution in [0, 0.1) is 5.92 Å². The van der Waals surface area contributed by atoms with E-state index in [1.54, 1.807) is 0 Å². The number of rotatable bonds is 1. The summed E-state index contributed by atoms with van der Waals surface area (Å²) in [5.74, 6) is 2.11. The average molecular weight is 172 g/mol. The quantitative estimate of drug-likeness (QED) is 0.601. The fraction of sp³-hybridized carbons (Fsp3) is 1.00. The van der Waals surface area contributed by atoms with Crippen molar-refractivity contribution in [1.29, 1.82) is 0 Å². The third kappa shape index (κ3) is 1.91. The van der Waals surface area contributed by atoms with Crippen LogP contribution >= 0.6 is 11.8 Å². The maximum Gasteiger partial charge on any atom is 0.106 e. The van der Waals surface area contributed by atoms with Gasteiger partial charge in [0.2, 0.25) is 0 Å². The summed E-state index contributed by atoms with van der Waals surface area (Å²) in [6.07, 6.45) is 7.15. The maximum absolute atomic E-state index is 5.66. The molecule has 1 aliphatic heterocycles. The second-order valence-electron chi connectivity index (χ2n) is 3.51. The van der Waals surface area contributed by atoms with Crippen molar-refractivity contribution in [2.75, 3.05) is 12.4 Å². The summed E-state index contributed by atoms with van der Waals surface area (Å²) in [5, 5.41) is 0. The van der Waals surface area contributed by atoms with Crippen LogP contribution in [0.3, 0.4) is 0 Å². The van der Waals surface area contributed by atoms with E-state index in [1.165, 1.54) is 37.9 Å². The van der Waals surface area contributed by atoms with Gasteiger partial charge in [-0.25, -0.2) is 0 Å². The minimum Gasteiger partial charge on any atom is -0.366 e. The number of hydrogen-bond donors (Lipinski definition) is 0. The molecule has 11 heavy (non-hydrogen) atoms. The van der Waals surface area contributed by atoms with Crippen LogP contribution in [0.4, 0.5) is 0 Å². The van der Waals surface area contributed by atoms with Crippen LogP contribution in [0.25, 0.3) is 0 Å². The molecule has 0 amide bonds. The highest BCUT2D eigenvalue weighted by molar-refractivity contribution is 8.00. The van der Waals surface area contributed by atoms with Gasteiger partial charge in [0.25, 0.3) is 0 Å². The van der Waals surface area contributed by atoms with Gasteiger partial charge in [0.05, 0.1) is 6.61 Å². The molecule has 1 aliphatic carbocycles. The first-order valence-corrected chi connectivity index (χ1v) is 5.75. The van der Waals surface area contributed by atoms with Crippen LogP contribution in [0.5, 0.6) is 0 Å². The van der Waals surface area contributed by atoms with Crippen molar-refractivity contribution in [3.8, 4) is 0 Å². The fourth-order valence-electron chi connectivity index (χ4n) is 2.06. The Morgan fingerprint density at radius 3 is 2.55 bits per heavy atom. The molecule has 1 unspecified atom stereocenters. The molecule has 2 aliphatic rings. The summed E-state index contributed by atoms with van der Waals surface area (Å²) >= 11 is 2.03. The highest BCUT2D eigenvalue weighted by Gasteiger charge is 2.27. The molecule has 2 rings (SSSR count). The van der Waals surface area contributed by atoms with Gasteiger partial charge in [-0.2, -0.15) is 0 Å². The molecule has 1 nitrogen and oxygen atoms in total. The van der Waals surface area contributed by atoms with E-state index in [0.717, 1.165) is 12.5 Å². The summed E-state index contributed by atoms with van der Waals surface area (Å²) < 4.78 is 5.66. The third-order valence-corrected chi connectivity index (χ3v) is 3.93. The standard InChI is InChI=1S/C9H16OS/c1-2-4-8(5-3-1)9-10-6-7-11-9/h8-9H,1-7H2. The van der Waals surface area contributed by atoms with Gasteiger partial charge in [-0.05, 0) is 18.8 Å². The molecule has 0 aromatic rings. The number of thioether (sulfide) groups is 1. The maximum atomic E-state index is 5.66.